The van der Waals surface area contributed by atoms with Gasteiger partial charge in [-0.3, -0.25) is 0 Å². The van der Waals surface area contributed by atoms with Gasteiger partial charge in [0.1, 0.15) is 0 Å². The van der Waals surface area contributed by atoms with Gasteiger partial charge in [-0.1, -0.05) is 0 Å². The lowest BCUT2D eigenvalue weighted by Crippen LogP contribution is -2.12. The molecule has 0 aliphatic carbocycles. The molecule has 15 heavy (non-hydrogen) atoms. The van der Waals surface area contributed by atoms with E-state index in [1.807, 2.05) is 13.1 Å². The van der Waals surface area contributed by atoms with Crippen LogP contribution >= 0.6 is 0 Å². The summed E-state index contributed by atoms with van der Waals surface area (Å²) in [4.78, 5) is 1.58. The molecular formula is C9H13N5O. The quantitative estimate of drug-likeness (QED) is 0.725. The second-order valence-corrected chi connectivity index (χ2v) is 3.14. The van der Waals surface area contributed by atoms with Crippen molar-refractivity contribution in [1.82, 2.24) is 25.5 Å². The number of hydrogen-bond donors (Lipinski definition) is 1. The lowest BCUT2D eigenvalue weighted by molar-refractivity contribution is 0.492. The number of hydrogen-bond acceptors (Lipinski definition) is 5. The molecule has 0 radical (unpaired) electrons. The van der Waals surface area contributed by atoms with Crippen LogP contribution in [0.5, 0.6) is 0 Å². The topological polar surface area (TPSA) is 68.8 Å². The van der Waals surface area contributed by atoms with Gasteiger partial charge in [-0.2, -0.15) is 4.80 Å². The number of nitrogens with one attached hydrogen (secondary N) is 1. The van der Waals surface area contributed by atoms with Gasteiger partial charge < -0.3 is 9.73 Å². The van der Waals surface area contributed by atoms with Crippen LogP contribution in [0.3, 0.4) is 0 Å². The highest BCUT2D eigenvalue weighted by molar-refractivity contribution is 5.43. The predicted octanol–water partition coefficient (Wildman–Crippen LogP) is 0.543. The predicted molar refractivity (Wildman–Crippen MR) is 54.1 cm³/mol. The molecule has 2 aromatic heterocycles. The first-order valence-corrected chi connectivity index (χ1v) is 4.86. The zero-order valence-corrected chi connectivity index (χ0v) is 8.55. The van der Waals surface area contributed by atoms with Gasteiger partial charge in [0.25, 0.3) is 0 Å². The Kier molecular flexibility index (Phi) is 3.08. The van der Waals surface area contributed by atoms with Crippen LogP contribution in [0.2, 0.25) is 0 Å². The fraction of sp³-hybridized carbons (Fsp3) is 0.444. The molecule has 0 unspecified atom stereocenters. The van der Waals surface area contributed by atoms with Crippen LogP contribution in [0.1, 0.15) is 6.42 Å². The van der Waals surface area contributed by atoms with Gasteiger partial charge in [0, 0.05) is 0 Å². The Balaban J connectivity index is 1.98. The summed E-state index contributed by atoms with van der Waals surface area (Å²) in [6, 6.07) is 3.62. The highest BCUT2D eigenvalue weighted by atomic mass is 16.3. The molecule has 80 valence electrons. The molecule has 0 atom stereocenters. The van der Waals surface area contributed by atoms with E-state index in [0.717, 1.165) is 19.5 Å². The molecule has 2 rings (SSSR count). The SMILES string of the molecule is CNCCCn1nnc(-c2ccco2)n1. The average Bonchev–Trinajstić information content (AvgIpc) is 2.87. The van der Waals surface area contributed by atoms with Crippen LogP contribution in [0, 0.1) is 0 Å². The van der Waals surface area contributed by atoms with Crippen LogP contribution in [0.4, 0.5) is 0 Å². The maximum absolute atomic E-state index is 5.17. The Morgan fingerprint density at radius 1 is 1.53 bits per heavy atom. The van der Waals surface area contributed by atoms with Crippen LogP contribution in [0.15, 0.2) is 22.8 Å². The maximum atomic E-state index is 5.17. The summed E-state index contributed by atoms with van der Waals surface area (Å²) in [6.45, 7) is 1.70. The molecule has 2 heterocycles. The van der Waals surface area contributed by atoms with Gasteiger partial charge in [0.2, 0.25) is 5.82 Å². The zero-order valence-electron chi connectivity index (χ0n) is 8.55. The third-order valence-corrected chi connectivity index (χ3v) is 1.98. The third-order valence-electron chi connectivity index (χ3n) is 1.98. The number of aryl methyl sites for hydroxylation is 1. The van der Waals surface area contributed by atoms with Crippen LogP contribution < -0.4 is 5.32 Å². The molecule has 1 N–H and O–H groups in total. The summed E-state index contributed by atoms with van der Waals surface area (Å²) in [5, 5.41) is 15.1. The van der Waals surface area contributed by atoms with E-state index < -0.39 is 0 Å². The summed E-state index contributed by atoms with van der Waals surface area (Å²) >= 11 is 0. The van der Waals surface area contributed by atoms with Gasteiger partial charge in [0.05, 0.1) is 12.8 Å². The lowest BCUT2D eigenvalue weighted by Gasteiger charge is -1.96. The Morgan fingerprint density at radius 2 is 2.47 bits per heavy atom. The largest absolute Gasteiger partial charge is 0.461 e. The normalized spacial score (nSPS) is 10.7. The zero-order chi connectivity index (χ0) is 10.5. The summed E-state index contributed by atoms with van der Waals surface area (Å²) in [5.41, 5.74) is 0. The van der Waals surface area contributed by atoms with E-state index in [2.05, 4.69) is 20.7 Å². The molecule has 0 bridgehead atoms. The highest BCUT2D eigenvalue weighted by Crippen LogP contribution is 2.12. The van der Waals surface area contributed by atoms with Crippen LogP contribution in [0.25, 0.3) is 11.6 Å². The Hall–Kier alpha value is -1.69. The van der Waals surface area contributed by atoms with Gasteiger partial charge in [0.15, 0.2) is 5.76 Å². The van der Waals surface area contributed by atoms with E-state index in [9.17, 15) is 0 Å². The van der Waals surface area contributed by atoms with Crippen molar-refractivity contribution in [3.8, 4) is 11.6 Å². The molecule has 0 amide bonds. The molecule has 2 aromatic rings. The van der Waals surface area contributed by atoms with Crippen molar-refractivity contribution in [1.29, 1.82) is 0 Å². The number of tetrazole rings is 1. The van der Waals surface area contributed by atoms with Crippen molar-refractivity contribution in [2.24, 2.45) is 0 Å². The smallest absolute Gasteiger partial charge is 0.240 e. The standard InChI is InChI=1S/C9H13N5O/c1-10-5-3-6-14-12-9(11-13-14)8-4-2-7-15-8/h2,4,7,10H,3,5-6H2,1H3. The minimum absolute atomic E-state index is 0.532. The third kappa shape index (κ3) is 2.41. The number of aromatic nitrogens is 4. The van der Waals surface area contributed by atoms with Gasteiger partial charge in [-0.15, -0.1) is 10.2 Å². The molecule has 0 aliphatic rings. The first kappa shape index (κ1) is 9.85. The molecule has 0 saturated heterocycles. The van der Waals surface area contributed by atoms with Crippen molar-refractivity contribution in [2.75, 3.05) is 13.6 Å². The van der Waals surface area contributed by atoms with E-state index in [0.29, 0.717) is 11.6 Å². The van der Waals surface area contributed by atoms with Crippen molar-refractivity contribution >= 4 is 0 Å². The average molecular weight is 207 g/mol. The van der Waals surface area contributed by atoms with E-state index in [-0.39, 0.29) is 0 Å². The molecule has 6 nitrogen and oxygen atoms in total. The second kappa shape index (κ2) is 4.70. The number of furan rings is 1. The van der Waals surface area contributed by atoms with Crippen molar-refractivity contribution in [2.45, 2.75) is 13.0 Å². The number of nitrogens with zero attached hydrogens (tertiary/aromatic N) is 4. The fourth-order valence-corrected chi connectivity index (χ4v) is 1.24. The summed E-state index contributed by atoms with van der Waals surface area (Å²) in [6.07, 6.45) is 2.57. The van der Waals surface area contributed by atoms with Crippen molar-refractivity contribution < 1.29 is 4.42 Å². The Bertz CT molecular complexity index is 394. The molecule has 0 aliphatic heterocycles. The Morgan fingerprint density at radius 3 is 3.20 bits per heavy atom. The van der Waals surface area contributed by atoms with Gasteiger partial charge in [-0.05, 0) is 37.4 Å². The summed E-state index contributed by atoms with van der Waals surface area (Å²) in [5.74, 6) is 1.18. The van der Waals surface area contributed by atoms with Gasteiger partial charge in [-0.25, -0.2) is 0 Å². The summed E-state index contributed by atoms with van der Waals surface area (Å²) in [7, 11) is 1.92. The van der Waals surface area contributed by atoms with Gasteiger partial charge >= 0.3 is 0 Å². The first-order valence-electron chi connectivity index (χ1n) is 4.86. The van der Waals surface area contributed by atoms with Crippen molar-refractivity contribution in [3.63, 3.8) is 0 Å². The lowest BCUT2D eigenvalue weighted by atomic mass is 10.4. The number of rotatable bonds is 5. The minimum atomic E-state index is 0.532. The fourth-order valence-electron chi connectivity index (χ4n) is 1.24. The summed E-state index contributed by atoms with van der Waals surface area (Å²) < 4.78 is 5.17. The highest BCUT2D eigenvalue weighted by Gasteiger charge is 2.07. The van der Waals surface area contributed by atoms with E-state index in [1.165, 1.54) is 0 Å². The van der Waals surface area contributed by atoms with Crippen LogP contribution in [-0.4, -0.2) is 33.8 Å². The van der Waals surface area contributed by atoms with E-state index >= 15 is 0 Å². The van der Waals surface area contributed by atoms with Crippen LogP contribution in [-0.2, 0) is 6.54 Å². The molecular weight excluding hydrogens is 194 g/mol. The van der Waals surface area contributed by atoms with E-state index in [4.69, 9.17) is 4.42 Å². The van der Waals surface area contributed by atoms with E-state index in [1.54, 1.807) is 17.1 Å². The molecule has 0 spiro atoms. The maximum Gasteiger partial charge on any atom is 0.240 e. The molecule has 0 aromatic carbocycles. The molecule has 0 saturated carbocycles. The van der Waals surface area contributed by atoms with Crippen molar-refractivity contribution in [3.05, 3.63) is 18.4 Å². The first-order chi connectivity index (χ1) is 7.40. The Labute approximate surface area is 87.3 Å². The second-order valence-electron chi connectivity index (χ2n) is 3.14. The molecule has 0 fully saturated rings. The minimum Gasteiger partial charge on any atom is -0.461 e. The molecule has 6 heteroatoms. The monoisotopic (exact) mass is 207 g/mol.